The number of fused-ring (bicyclic) bond motifs is 1. The van der Waals surface area contributed by atoms with Crippen molar-refractivity contribution in [3.05, 3.63) is 18.2 Å². The largest absolute Gasteiger partial charge is 0.489 e. The van der Waals surface area contributed by atoms with Gasteiger partial charge in [0.2, 0.25) is 5.91 Å². The Labute approximate surface area is 112 Å². The van der Waals surface area contributed by atoms with E-state index in [1.807, 2.05) is 28.0 Å². The normalized spacial score (nSPS) is 18.1. The van der Waals surface area contributed by atoms with E-state index in [2.05, 4.69) is 0 Å². The van der Waals surface area contributed by atoms with Gasteiger partial charge < -0.3 is 20.3 Å². The van der Waals surface area contributed by atoms with E-state index in [1.165, 1.54) is 0 Å². The number of ether oxygens (including phenoxy) is 1. The summed E-state index contributed by atoms with van der Waals surface area (Å²) in [7, 11) is 0. The number of hydrogen-bond acceptors (Lipinski definition) is 4. The lowest BCUT2D eigenvalue weighted by atomic mass is 10.2. The Morgan fingerprint density at radius 1 is 1.26 bits per heavy atom. The standard InChI is InChI=1S/C14H19N3O2/c15-11-4-3-5-12-14(11)17(8-9-19-12)10-13(18)16-6-1-2-7-16/h3-5H,1-2,6-10,15H2. The van der Waals surface area contributed by atoms with Gasteiger partial charge in [0.15, 0.2) is 0 Å². The molecule has 19 heavy (non-hydrogen) atoms. The number of rotatable bonds is 2. The Morgan fingerprint density at radius 2 is 2.05 bits per heavy atom. The molecule has 0 spiro atoms. The van der Waals surface area contributed by atoms with Crippen LogP contribution in [0.1, 0.15) is 12.8 Å². The minimum absolute atomic E-state index is 0.189. The first kappa shape index (κ1) is 12.1. The van der Waals surface area contributed by atoms with Gasteiger partial charge in [-0.3, -0.25) is 4.79 Å². The quantitative estimate of drug-likeness (QED) is 0.810. The van der Waals surface area contributed by atoms with E-state index in [0.717, 1.165) is 37.4 Å². The molecule has 2 aliphatic rings. The van der Waals surface area contributed by atoms with E-state index >= 15 is 0 Å². The summed E-state index contributed by atoms with van der Waals surface area (Å²) in [6, 6.07) is 5.62. The number of nitrogens with zero attached hydrogens (tertiary/aromatic N) is 2. The highest BCUT2D eigenvalue weighted by Gasteiger charge is 2.25. The summed E-state index contributed by atoms with van der Waals surface area (Å²) in [5.74, 6) is 0.967. The second-order valence-electron chi connectivity index (χ2n) is 5.05. The zero-order valence-corrected chi connectivity index (χ0v) is 11.0. The molecule has 2 N–H and O–H groups in total. The molecule has 1 amide bonds. The van der Waals surface area contributed by atoms with Crippen LogP contribution in [0.5, 0.6) is 5.75 Å². The maximum absolute atomic E-state index is 12.2. The number of amides is 1. The number of carbonyl (C=O) groups is 1. The summed E-state index contributed by atoms with van der Waals surface area (Å²) < 4.78 is 5.60. The number of anilines is 2. The Morgan fingerprint density at radius 3 is 2.84 bits per heavy atom. The molecule has 0 bridgehead atoms. The minimum atomic E-state index is 0.189. The number of nitrogens with two attached hydrogens (primary N) is 1. The van der Waals surface area contributed by atoms with Crippen molar-refractivity contribution >= 4 is 17.3 Å². The molecule has 1 saturated heterocycles. The Bertz CT molecular complexity index is 484. The van der Waals surface area contributed by atoms with Crippen molar-refractivity contribution < 1.29 is 9.53 Å². The average molecular weight is 261 g/mol. The van der Waals surface area contributed by atoms with Crippen molar-refractivity contribution in [3.63, 3.8) is 0 Å². The molecule has 1 aromatic carbocycles. The lowest BCUT2D eigenvalue weighted by Gasteiger charge is -2.32. The van der Waals surface area contributed by atoms with Crippen LogP contribution >= 0.6 is 0 Å². The Kier molecular flexibility index (Phi) is 3.19. The predicted molar refractivity (Wildman–Crippen MR) is 74.4 cm³/mol. The van der Waals surface area contributed by atoms with Gasteiger partial charge in [-0.25, -0.2) is 0 Å². The zero-order valence-electron chi connectivity index (χ0n) is 11.0. The molecular formula is C14H19N3O2. The molecule has 2 heterocycles. The van der Waals surface area contributed by atoms with Crippen LogP contribution in [-0.4, -0.2) is 43.6 Å². The van der Waals surface area contributed by atoms with Gasteiger partial charge in [0, 0.05) is 13.1 Å². The third-order valence-corrected chi connectivity index (χ3v) is 3.75. The number of nitrogen functional groups attached to an aromatic ring is 1. The molecule has 2 aliphatic heterocycles. The lowest BCUT2D eigenvalue weighted by molar-refractivity contribution is -0.128. The van der Waals surface area contributed by atoms with Crippen molar-refractivity contribution in [2.24, 2.45) is 0 Å². The number of benzene rings is 1. The minimum Gasteiger partial charge on any atom is -0.489 e. The second-order valence-corrected chi connectivity index (χ2v) is 5.05. The van der Waals surface area contributed by atoms with Crippen LogP contribution < -0.4 is 15.4 Å². The second kappa shape index (κ2) is 4.99. The highest BCUT2D eigenvalue weighted by atomic mass is 16.5. The van der Waals surface area contributed by atoms with Gasteiger partial charge in [-0.15, -0.1) is 0 Å². The van der Waals surface area contributed by atoms with Crippen molar-refractivity contribution in [2.75, 3.05) is 43.4 Å². The van der Waals surface area contributed by atoms with E-state index in [-0.39, 0.29) is 5.91 Å². The topological polar surface area (TPSA) is 58.8 Å². The van der Waals surface area contributed by atoms with Gasteiger partial charge in [-0.05, 0) is 25.0 Å². The zero-order chi connectivity index (χ0) is 13.2. The third-order valence-electron chi connectivity index (χ3n) is 3.75. The predicted octanol–water partition coefficient (Wildman–Crippen LogP) is 1.09. The molecule has 0 aliphatic carbocycles. The fourth-order valence-electron chi connectivity index (χ4n) is 2.76. The number of para-hydroxylation sites is 1. The highest BCUT2D eigenvalue weighted by molar-refractivity contribution is 5.85. The average Bonchev–Trinajstić information content (AvgIpc) is 2.93. The lowest BCUT2D eigenvalue weighted by Crippen LogP contribution is -2.42. The number of carbonyl (C=O) groups excluding carboxylic acids is 1. The number of likely N-dealkylation sites (tertiary alicyclic amines) is 1. The fourth-order valence-corrected chi connectivity index (χ4v) is 2.76. The van der Waals surface area contributed by atoms with Crippen LogP contribution in [0.15, 0.2) is 18.2 Å². The van der Waals surface area contributed by atoms with E-state index in [1.54, 1.807) is 0 Å². The van der Waals surface area contributed by atoms with Crippen molar-refractivity contribution in [2.45, 2.75) is 12.8 Å². The summed E-state index contributed by atoms with van der Waals surface area (Å²) in [5, 5.41) is 0. The van der Waals surface area contributed by atoms with Crippen LogP contribution in [0.3, 0.4) is 0 Å². The van der Waals surface area contributed by atoms with Crippen molar-refractivity contribution in [1.29, 1.82) is 0 Å². The van der Waals surface area contributed by atoms with Crippen LogP contribution in [-0.2, 0) is 4.79 Å². The van der Waals surface area contributed by atoms with Crippen LogP contribution in [0.2, 0.25) is 0 Å². The summed E-state index contributed by atoms with van der Waals surface area (Å²) in [6.07, 6.45) is 2.24. The highest BCUT2D eigenvalue weighted by Crippen LogP contribution is 2.36. The molecule has 1 aromatic rings. The molecular weight excluding hydrogens is 242 g/mol. The summed E-state index contributed by atoms with van der Waals surface area (Å²) in [6.45, 7) is 3.48. The molecule has 3 rings (SSSR count). The van der Waals surface area contributed by atoms with Gasteiger partial charge in [-0.2, -0.15) is 0 Å². The van der Waals surface area contributed by atoms with Gasteiger partial charge in [0.1, 0.15) is 18.0 Å². The molecule has 0 aromatic heterocycles. The molecule has 0 unspecified atom stereocenters. The molecule has 0 saturated carbocycles. The van der Waals surface area contributed by atoms with E-state index in [0.29, 0.717) is 25.4 Å². The van der Waals surface area contributed by atoms with E-state index < -0.39 is 0 Å². The van der Waals surface area contributed by atoms with Gasteiger partial charge in [0.25, 0.3) is 0 Å². The first-order chi connectivity index (χ1) is 9.25. The van der Waals surface area contributed by atoms with Crippen LogP contribution in [0.4, 0.5) is 11.4 Å². The molecule has 0 atom stereocenters. The van der Waals surface area contributed by atoms with Crippen molar-refractivity contribution in [3.8, 4) is 5.75 Å². The fraction of sp³-hybridized carbons (Fsp3) is 0.500. The monoisotopic (exact) mass is 261 g/mol. The third kappa shape index (κ3) is 2.32. The van der Waals surface area contributed by atoms with Crippen molar-refractivity contribution in [1.82, 2.24) is 4.90 Å². The summed E-state index contributed by atoms with van der Waals surface area (Å²) >= 11 is 0. The molecule has 5 nitrogen and oxygen atoms in total. The molecule has 1 fully saturated rings. The Hall–Kier alpha value is -1.91. The maximum atomic E-state index is 12.2. The SMILES string of the molecule is Nc1cccc2c1N(CC(=O)N1CCCC1)CCO2. The first-order valence-electron chi connectivity index (χ1n) is 6.80. The van der Waals surface area contributed by atoms with Gasteiger partial charge in [0.05, 0.1) is 18.8 Å². The smallest absolute Gasteiger partial charge is 0.242 e. The van der Waals surface area contributed by atoms with Gasteiger partial charge >= 0.3 is 0 Å². The maximum Gasteiger partial charge on any atom is 0.242 e. The van der Waals surface area contributed by atoms with E-state index in [4.69, 9.17) is 10.5 Å². The summed E-state index contributed by atoms with van der Waals surface area (Å²) in [4.78, 5) is 16.2. The van der Waals surface area contributed by atoms with Crippen LogP contribution in [0.25, 0.3) is 0 Å². The van der Waals surface area contributed by atoms with Crippen LogP contribution in [0, 0.1) is 0 Å². The van der Waals surface area contributed by atoms with E-state index in [9.17, 15) is 4.79 Å². The van der Waals surface area contributed by atoms with Gasteiger partial charge in [-0.1, -0.05) is 6.07 Å². The summed E-state index contributed by atoms with van der Waals surface area (Å²) in [5.41, 5.74) is 7.55. The molecule has 0 radical (unpaired) electrons. The molecule has 5 heteroatoms. The number of hydrogen-bond donors (Lipinski definition) is 1. The first-order valence-corrected chi connectivity index (χ1v) is 6.80. The Balaban J connectivity index is 1.78. The molecule has 102 valence electrons.